The van der Waals surface area contributed by atoms with Crippen LogP contribution in [0, 0.1) is 13.8 Å². The Morgan fingerprint density at radius 2 is 1.75 bits per heavy atom. The summed E-state index contributed by atoms with van der Waals surface area (Å²) in [7, 11) is 0. The average Bonchev–Trinajstić information content (AvgIpc) is 2.35. The number of hydrogen-bond acceptors (Lipinski definition) is 2. The third-order valence-electron chi connectivity index (χ3n) is 2.85. The van der Waals surface area contributed by atoms with Crippen LogP contribution < -0.4 is 10.5 Å². The molecule has 0 bridgehead atoms. The van der Waals surface area contributed by atoms with Crippen LogP contribution in [0.4, 0.5) is 0 Å². The summed E-state index contributed by atoms with van der Waals surface area (Å²) < 4.78 is 6.65. The standard InChI is InChI=1S/C15H13BrClNOS/c1-8-5-11(6-9(2)14(8)17)19-10-3-4-12(15(18)20)13(16)7-10/h3-7H,1-2H3,(H2,18,20). The highest BCUT2D eigenvalue weighted by molar-refractivity contribution is 9.10. The van der Waals surface area contributed by atoms with Crippen molar-refractivity contribution in [3.63, 3.8) is 0 Å². The minimum Gasteiger partial charge on any atom is -0.457 e. The van der Waals surface area contributed by atoms with Gasteiger partial charge in [0.2, 0.25) is 0 Å². The Bertz CT molecular complexity index is 665. The van der Waals surface area contributed by atoms with Gasteiger partial charge in [0, 0.05) is 15.1 Å². The van der Waals surface area contributed by atoms with Crippen LogP contribution in [0.1, 0.15) is 16.7 Å². The van der Waals surface area contributed by atoms with Crippen molar-refractivity contribution >= 4 is 44.7 Å². The molecule has 20 heavy (non-hydrogen) atoms. The van der Waals surface area contributed by atoms with Crippen LogP contribution in [0.5, 0.6) is 11.5 Å². The molecule has 0 saturated heterocycles. The highest BCUT2D eigenvalue weighted by atomic mass is 79.9. The lowest BCUT2D eigenvalue weighted by atomic mass is 10.1. The van der Waals surface area contributed by atoms with Crippen molar-refractivity contribution in [3.05, 3.63) is 56.5 Å². The van der Waals surface area contributed by atoms with E-state index in [4.69, 9.17) is 34.3 Å². The van der Waals surface area contributed by atoms with E-state index in [2.05, 4.69) is 15.9 Å². The van der Waals surface area contributed by atoms with Crippen LogP contribution in [0.3, 0.4) is 0 Å². The summed E-state index contributed by atoms with van der Waals surface area (Å²) in [6.07, 6.45) is 0. The van der Waals surface area contributed by atoms with E-state index in [9.17, 15) is 0 Å². The third-order valence-corrected chi connectivity index (χ3v) is 4.32. The van der Waals surface area contributed by atoms with Crippen LogP contribution >= 0.6 is 39.7 Å². The second-order valence-electron chi connectivity index (χ2n) is 4.48. The van der Waals surface area contributed by atoms with Gasteiger partial charge in [-0.3, -0.25) is 0 Å². The fourth-order valence-corrected chi connectivity index (χ4v) is 2.85. The molecule has 0 fully saturated rings. The van der Waals surface area contributed by atoms with Crippen LogP contribution in [-0.4, -0.2) is 4.99 Å². The Morgan fingerprint density at radius 3 is 2.25 bits per heavy atom. The molecule has 0 aromatic heterocycles. The fourth-order valence-electron chi connectivity index (χ4n) is 1.86. The zero-order valence-corrected chi connectivity index (χ0v) is 14.2. The van der Waals surface area contributed by atoms with Crippen molar-refractivity contribution in [1.29, 1.82) is 0 Å². The first-order valence-corrected chi connectivity index (χ1v) is 7.50. The minimum absolute atomic E-state index is 0.349. The molecule has 0 spiro atoms. The average molecular weight is 371 g/mol. The Kier molecular flexibility index (Phi) is 4.68. The van der Waals surface area contributed by atoms with Gasteiger partial charge in [-0.25, -0.2) is 0 Å². The summed E-state index contributed by atoms with van der Waals surface area (Å²) in [5.41, 5.74) is 8.38. The van der Waals surface area contributed by atoms with Gasteiger partial charge >= 0.3 is 0 Å². The zero-order valence-electron chi connectivity index (χ0n) is 11.0. The molecule has 0 atom stereocenters. The first-order chi connectivity index (χ1) is 9.38. The Balaban J connectivity index is 2.31. The van der Waals surface area contributed by atoms with Crippen LogP contribution in [0.25, 0.3) is 0 Å². The SMILES string of the molecule is Cc1cc(Oc2ccc(C(N)=S)c(Br)c2)cc(C)c1Cl. The zero-order chi connectivity index (χ0) is 14.9. The summed E-state index contributed by atoms with van der Waals surface area (Å²) in [5.74, 6) is 1.46. The normalized spacial score (nSPS) is 10.4. The summed E-state index contributed by atoms with van der Waals surface area (Å²) in [6.45, 7) is 3.90. The topological polar surface area (TPSA) is 35.2 Å². The lowest BCUT2D eigenvalue weighted by Crippen LogP contribution is -2.09. The highest BCUT2D eigenvalue weighted by Gasteiger charge is 2.07. The molecule has 104 valence electrons. The summed E-state index contributed by atoms with van der Waals surface area (Å²) in [4.78, 5) is 0.349. The van der Waals surface area contributed by atoms with Gasteiger partial charge in [-0.05, 0) is 71.2 Å². The monoisotopic (exact) mass is 369 g/mol. The van der Waals surface area contributed by atoms with Gasteiger partial charge in [-0.1, -0.05) is 23.8 Å². The molecule has 0 aliphatic rings. The number of rotatable bonds is 3. The van der Waals surface area contributed by atoms with Crippen LogP contribution in [0.2, 0.25) is 5.02 Å². The number of nitrogens with two attached hydrogens (primary N) is 1. The quantitative estimate of drug-likeness (QED) is 0.759. The minimum atomic E-state index is 0.349. The molecule has 2 aromatic rings. The van der Waals surface area contributed by atoms with Crippen molar-refractivity contribution < 1.29 is 4.74 Å². The van der Waals surface area contributed by atoms with Crippen molar-refractivity contribution in [3.8, 4) is 11.5 Å². The van der Waals surface area contributed by atoms with Crippen molar-refractivity contribution in [2.75, 3.05) is 0 Å². The Labute approximate surface area is 137 Å². The van der Waals surface area contributed by atoms with E-state index in [0.717, 1.165) is 31.9 Å². The van der Waals surface area contributed by atoms with Crippen LogP contribution in [-0.2, 0) is 0 Å². The van der Waals surface area contributed by atoms with Crippen LogP contribution in [0.15, 0.2) is 34.8 Å². The van der Waals surface area contributed by atoms with Crippen molar-refractivity contribution in [2.45, 2.75) is 13.8 Å². The van der Waals surface area contributed by atoms with Gasteiger partial charge < -0.3 is 10.5 Å². The molecule has 0 radical (unpaired) electrons. The predicted octanol–water partition coefficient (Wildman–Crippen LogP) is 5.15. The van der Waals surface area contributed by atoms with E-state index in [1.165, 1.54) is 0 Å². The Hall–Kier alpha value is -1.10. The van der Waals surface area contributed by atoms with Gasteiger partial charge in [0.15, 0.2) is 0 Å². The molecule has 0 amide bonds. The van der Waals surface area contributed by atoms with E-state index in [0.29, 0.717) is 10.7 Å². The first-order valence-electron chi connectivity index (χ1n) is 5.92. The lowest BCUT2D eigenvalue weighted by molar-refractivity contribution is 0.481. The van der Waals surface area contributed by atoms with E-state index in [-0.39, 0.29) is 0 Å². The predicted molar refractivity (Wildman–Crippen MR) is 91.0 cm³/mol. The van der Waals surface area contributed by atoms with E-state index in [1.807, 2.05) is 44.2 Å². The molecule has 0 unspecified atom stereocenters. The van der Waals surface area contributed by atoms with Gasteiger partial charge in [0.1, 0.15) is 16.5 Å². The maximum Gasteiger partial charge on any atom is 0.128 e. The van der Waals surface area contributed by atoms with Gasteiger partial charge in [0.05, 0.1) is 0 Å². The lowest BCUT2D eigenvalue weighted by Gasteiger charge is -2.11. The largest absolute Gasteiger partial charge is 0.457 e. The van der Waals surface area contributed by atoms with Crippen molar-refractivity contribution in [1.82, 2.24) is 0 Å². The molecule has 0 aliphatic heterocycles. The molecule has 0 heterocycles. The second kappa shape index (κ2) is 6.12. The number of benzene rings is 2. The van der Waals surface area contributed by atoms with E-state index >= 15 is 0 Å². The number of aryl methyl sites for hydroxylation is 2. The molecule has 2 nitrogen and oxygen atoms in total. The maximum atomic E-state index is 6.14. The van der Waals surface area contributed by atoms with Crippen molar-refractivity contribution in [2.24, 2.45) is 5.73 Å². The van der Waals surface area contributed by atoms with Gasteiger partial charge in [-0.2, -0.15) is 0 Å². The molecule has 2 aromatic carbocycles. The number of thiocarbonyl (C=S) groups is 1. The third kappa shape index (κ3) is 3.32. The summed E-state index contributed by atoms with van der Waals surface area (Å²) in [5, 5.41) is 0.766. The van der Waals surface area contributed by atoms with E-state index in [1.54, 1.807) is 0 Å². The summed E-state index contributed by atoms with van der Waals surface area (Å²) >= 11 is 14.5. The van der Waals surface area contributed by atoms with Gasteiger partial charge in [-0.15, -0.1) is 0 Å². The second-order valence-corrected chi connectivity index (χ2v) is 6.15. The molecular weight excluding hydrogens is 358 g/mol. The fraction of sp³-hybridized carbons (Fsp3) is 0.133. The number of hydrogen-bond donors (Lipinski definition) is 1. The molecule has 5 heteroatoms. The number of halogens is 2. The van der Waals surface area contributed by atoms with E-state index < -0.39 is 0 Å². The number of ether oxygens (including phenoxy) is 1. The Morgan fingerprint density at radius 1 is 1.15 bits per heavy atom. The molecular formula is C15H13BrClNOS. The maximum absolute atomic E-state index is 6.14. The smallest absolute Gasteiger partial charge is 0.128 e. The summed E-state index contributed by atoms with van der Waals surface area (Å²) in [6, 6.07) is 9.32. The highest BCUT2D eigenvalue weighted by Crippen LogP contribution is 2.31. The molecule has 0 saturated carbocycles. The molecule has 0 aliphatic carbocycles. The van der Waals surface area contributed by atoms with Gasteiger partial charge in [0.25, 0.3) is 0 Å². The molecule has 2 N–H and O–H groups in total. The molecule has 2 rings (SSSR count). The first kappa shape index (κ1) is 15.3.